The molecule has 5 heteroatoms. The van der Waals surface area contributed by atoms with E-state index in [2.05, 4.69) is 27.2 Å². The molecule has 0 spiro atoms. The lowest BCUT2D eigenvalue weighted by atomic mass is 9.95. The summed E-state index contributed by atoms with van der Waals surface area (Å²) in [6.07, 6.45) is 5.59. The lowest BCUT2D eigenvalue weighted by molar-refractivity contribution is 0.345. The molecule has 0 aromatic heterocycles. The van der Waals surface area contributed by atoms with Crippen LogP contribution in [0.2, 0.25) is 0 Å². The molecule has 1 saturated heterocycles. The number of fused-ring (bicyclic) bond motifs is 2. The van der Waals surface area contributed by atoms with Crippen molar-refractivity contribution in [1.29, 1.82) is 0 Å². The van der Waals surface area contributed by atoms with Crippen LogP contribution in [0.4, 0.5) is 5.69 Å². The smallest absolute Gasteiger partial charge is 0.169 e. The van der Waals surface area contributed by atoms with Crippen LogP contribution in [0.3, 0.4) is 0 Å². The van der Waals surface area contributed by atoms with Crippen molar-refractivity contribution in [3.63, 3.8) is 0 Å². The summed E-state index contributed by atoms with van der Waals surface area (Å²) in [5.41, 5.74) is 1.27. The van der Waals surface area contributed by atoms with Gasteiger partial charge in [0.1, 0.15) is 5.75 Å². The third-order valence-electron chi connectivity index (χ3n) is 6.05. The molecular weight excluding hydrogens is 318 g/mol. The lowest BCUT2D eigenvalue weighted by Crippen LogP contribution is -2.54. The van der Waals surface area contributed by atoms with Crippen LogP contribution in [0.15, 0.2) is 24.3 Å². The van der Waals surface area contributed by atoms with Crippen molar-refractivity contribution in [2.75, 3.05) is 38.2 Å². The largest absolute Gasteiger partial charge is 0.497 e. The van der Waals surface area contributed by atoms with Gasteiger partial charge in [0.15, 0.2) is 5.11 Å². The van der Waals surface area contributed by atoms with Gasteiger partial charge in [-0.25, -0.2) is 0 Å². The summed E-state index contributed by atoms with van der Waals surface area (Å²) in [6.45, 7) is 4.03. The number of piperazine rings is 1. The quantitative estimate of drug-likeness (QED) is 0.851. The molecule has 0 unspecified atom stereocenters. The standard InChI is InChI=1S/C19H27N3OS/c1-23-17-6-4-16(5-7-17)21-8-10-22(11-9-21)19(24)20-18-13-14-2-3-15(18)12-14/h4-7,14-15,18H,2-3,8-13H2,1H3,(H,20,24)/t14-,15-,18+/m1/s1. The fourth-order valence-corrected chi connectivity index (χ4v) is 4.97. The van der Waals surface area contributed by atoms with Crippen molar-refractivity contribution in [3.8, 4) is 5.75 Å². The zero-order valence-corrected chi connectivity index (χ0v) is 15.2. The van der Waals surface area contributed by atoms with Gasteiger partial charge >= 0.3 is 0 Å². The summed E-state index contributed by atoms with van der Waals surface area (Å²) in [6, 6.07) is 8.98. The highest BCUT2D eigenvalue weighted by Crippen LogP contribution is 2.44. The zero-order valence-electron chi connectivity index (χ0n) is 14.4. The van der Waals surface area contributed by atoms with Crippen LogP contribution in [0.25, 0.3) is 0 Å². The number of nitrogens with zero attached hydrogens (tertiary/aromatic N) is 2. The molecule has 4 nitrogen and oxygen atoms in total. The number of hydrogen-bond acceptors (Lipinski definition) is 3. The van der Waals surface area contributed by atoms with E-state index >= 15 is 0 Å². The first-order chi connectivity index (χ1) is 11.7. The van der Waals surface area contributed by atoms with Crippen molar-refractivity contribution in [1.82, 2.24) is 10.2 Å². The second-order valence-corrected chi connectivity index (χ2v) is 7.79. The Balaban J connectivity index is 1.28. The average molecular weight is 346 g/mol. The number of nitrogens with one attached hydrogen (secondary N) is 1. The maximum absolute atomic E-state index is 5.69. The van der Waals surface area contributed by atoms with E-state index in [-0.39, 0.29) is 0 Å². The minimum absolute atomic E-state index is 0.635. The molecule has 2 bridgehead atoms. The van der Waals surface area contributed by atoms with Crippen LogP contribution in [-0.4, -0.2) is 49.3 Å². The van der Waals surface area contributed by atoms with E-state index in [0.29, 0.717) is 6.04 Å². The summed E-state index contributed by atoms with van der Waals surface area (Å²) in [4.78, 5) is 4.78. The molecule has 0 radical (unpaired) electrons. The number of rotatable bonds is 3. The molecule has 4 rings (SSSR count). The topological polar surface area (TPSA) is 27.7 Å². The van der Waals surface area contributed by atoms with Gasteiger partial charge in [0, 0.05) is 37.9 Å². The summed E-state index contributed by atoms with van der Waals surface area (Å²) in [7, 11) is 1.71. The first kappa shape index (κ1) is 16.0. The van der Waals surface area contributed by atoms with Crippen molar-refractivity contribution in [2.45, 2.75) is 31.7 Å². The van der Waals surface area contributed by atoms with Crippen LogP contribution in [-0.2, 0) is 0 Å². The Morgan fingerprint density at radius 3 is 2.42 bits per heavy atom. The van der Waals surface area contributed by atoms with E-state index in [1.807, 2.05) is 12.1 Å². The van der Waals surface area contributed by atoms with E-state index in [1.54, 1.807) is 7.11 Å². The minimum Gasteiger partial charge on any atom is -0.497 e. The molecule has 24 heavy (non-hydrogen) atoms. The molecule has 1 aliphatic heterocycles. The van der Waals surface area contributed by atoms with E-state index in [1.165, 1.54) is 31.4 Å². The summed E-state index contributed by atoms with van der Waals surface area (Å²) in [5.74, 6) is 2.74. The average Bonchev–Trinajstić information content (AvgIpc) is 3.25. The van der Waals surface area contributed by atoms with E-state index in [0.717, 1.165) is 48.9 Å². The molecule has 3 fully saturated rings. The first-order valence-electron chi connectivity index (χ1n) is 9.17. The Labute approximate surface area is 150 Å². The Kier molecular flexibility index (Phi) is 4.53. The van der Waals surface area contributed by atoms with Gasteiger partial charge in [0.2, 0.25) is 0 Å². The maximum atomic E-state index is 5.69. The lowest BCUT2D eigenvalue weighted by Gasteiger charge is -2.38. The first-order valence-corrected chi connectivity index (χ1v) is 9.58. The highest BCUT2D eigenvalue weighted by atomic mass is 32.1. The van der Waals surface area contributed by atoms with E-state index in [9.17, 15) is 0 Å². The molecule has 1 aromatic carbocycles. The Morgan fingerprint density at radius 1 is 1.08 bits per heavy atom. The third-order valence-corrected chi connectivity index (χ3v) is 6.43. The normalized spacial score (nSPS) is 29.0. The Hall–Kier alpha value is -1.49. The minimum atomic E-state index is 0.635. The predicted octanol–water partition coefficient (Wildman–Crippen LogP) is 2.88. The van der Waals surface area contributed by atoms with Gasteiger partial charge in [-0.1, -0.05) is 6.42 Å². The SMILES string of the molecule is COc1ccc(N2CCN(C(=S)N[C@H]3C[C@@H]4CC[C@@H]3C4)CC2)cc1. The van der Waals surface area contributed by atoms with Gasteiger partial charge in [-0.15, -0.1) is 0 Å². The van der Waals surface area contributed by atoms with Crippen molar-refractivity contribution in [3.05, 3.63) is 24.3 Å². The van der Waals surface area contributed by atoms with Crippen LogP contribution in [0, 0.1) is 11.8 Å². The highest BCUT2D eigenvalue weighted by Gasteiger charge is 2.40. The number of hydrogen-bond donors (Lipinski definition) is 1. The fourth-order valence-electron chi connectivity index (χ4n) is 4.63. The number of ether oxygens (including phenoxy) is 1. The van der Waals surface area contributed by atoms with E-state index < -0.39 is 0 Å². The number of methoxy groups -OCH3 is 1. The molecule has 130 valence electrons. The maximum Gasteiger partial charge on any atom is 0.169 e. The van der Waals surface area contributed by atoms with E-state index in [4.69, 9.17) is 17.0 Å². The molecule has 0 amide bonds. The van der Waals surface area contributed by atoms with Crippen LogP contribution < -0.4 is 15.0 Å². The van der Waals surface area contributed by atoms with Crippen LogP contribution in [0.5, 0.6) is 5.75 Å². The number of benzene rings is 1. The summed E-state index contributed by atoms with van der Waals surface area (Å²) < 4.78 is 5.24. The predicted molar refractivity (Wildman–Crippen MR) is 102 cm³/mol. The third kappa shape index (κ3) is 3.18. The van der Waals surface area contributed by atoms with Gasteiger partial charge in [0.25, 0.3) is 0 Å². The Morgan fingerprint density at radius 2 is 1.83 bits per heavy atom. The molecule has 1 heterocycles. The van der Waals surface area contributed by atoms with Crippen molar-refractivity contribution >= 4 is 23.0 Å². The van der Waals surface area contributed by atoms with Gasteiger partial charge in [-0.3, -0.25) is 0 Å². The number of thiocarbonyl (C=S) groups is 1. The van der Waals surface area contributed by atoms with Crippen molar-refractivity contribution in [2.24, 2.45) is 11.8 Å². The molecule has 1 N–H and O–H groups in total. The molecule has 2 aliphatic carbocycles. The van der Waals surface area contributed by atoms with Gasteiger partial charge in [-0.05, 0) is 67.6 Å². The second kappa shape index (κ2) is 6.79. The molecular formula is C19H27N3OS. The second-order valence-electron chi connectivity index (χ2n) is 7.40. The molecule has 2 saturated carbocycles. The molecule has 3 aliphatic rings. The molecule has 3 atom stereocenters. The van der Waals surface area contributed by atoms with Gasteiger partial charge < -0.3 is 19.9 Å². The molecule has 1 aromatic rings. The zero-order chi connectivity index (χ0) is 16.5. The van der Waals surface area contributed by atoms with Crippen LogP contribution >= 0.6 is 12.2 Å². The number of anilines is 1. The highest BCUT2D eigenvalue weighted by molar-refractivity contribution is 7.80. The van der Waals surface area contributed by atoms with Gasteiger partial charge in [0.05, 0.1) is 7.11 Å². The summed E-state index contributed by atoms with van der Waals surface area (Å²) >= 11 is 5.69. The van der Waals surface area contributed by atoms with Gasteiger partial charge in [-0.2, -0.15) is 0 Å². The van der Waals surface area contributed by atoms with Crippen molar-refractivity contribution < 1.29 is 4.74 Å². The monoisotopic (exact) mass is 345 g/mol. The fraction of sp³-hybridized carbons (Fsp3) is 0.632. The summed E-state index contributed by atoms with van der Waals surface area (Å²) in [5, 5.41) is 4.65. The Bertz CT molecular complexity index is 583. The van der Waals surface area contributed by atoms with Crippen LogP contribution in [0.1, 0.15) is 25.7 Å².